The Morgan fingerprint density at radius 1 is 1.30 bits per heavy atom. The van der Waals surface area contributed by atoms with Crippen LogP contribution < -0.4 is 15.8 Å². The van der Waals surface area contributed by atoms with Crippen molar-refractivity contribution in [3.05, 3.63) is 52.3 Å². The molecule has 2 rings (SSSR count). The maximum Gasteiger partial charge on any atom is 0.257 e. The second-order valence-electron chi connectivity index (χ2n) is 4.04. The Bertz CT molecular complexity index is 662. The topological polar surface area (TPSA) is 64.3 Å². The van der Waals surface area contributed by atoms with Gasteiger partial charge in [0.1, 0.15) is 11.6 Å². The van der Waals surface area contributed by atoms with Gasteiger partial charge >= 0.3 is 0 Å². The lowest BCUT2D eigenvalue weighted by Gasteiger charge is -2.09. The Kier molecular flexibility index (Phi) is 4.24. The molecule has 104 valence electrons. The second kappa shape index (κ2) is 5.92. The van der Waals surface area contributed by atoms with E-state index in [-0.39, 0.29) is 0 Å². The maximum absolute atomic E-state index is 13.4. The molecule has 0 aliphatic carbocycles. The molecule has 0 atom stereocenters. The Labute approximate surface area is 123 Å². The van der Waals surface area contributed by atoms with Crippen LogP contribution in [0.5, 0.6) is 5.75 Å². The smallest absolute Gasteiger partial charge is 0.257 e. The zero-order valence-electron chi connectivity index (χ0n) is 10.6. The number of rotatable bonds is 3. The standard InChI is InChI=1S/C14H12BrFN2O2/c1-20-9-3-4-10(13(17)7-9)14(19)18-8-2-5-11(15)12(16)6-8/h2-7H,17H2,1H3,(H,18,19). The highest BCUT2D eigenvalue weighted by molar-refractivity contribution is 9.10. The first-order chi connectivity index (χ1) is 9.51. The molecule has 0 bridgehead atoms. The lowest BCUT2D eigenvalue weighted by Crippen LogP contribution is -2.14. The number of amides is 1. The minimum Gasteiger partial charge on any atom is -0.497 e. The van der Waals surface area contributed by atoms with Crippen LogP contribution in [0.2, 0.25) is 0 Å². The molecule has 0 aromatic heterocycles. The molecule has 0 saturated carbocycles. The minimum atomic E-state index is -0.453. The molecule has 3 N–H and O–H groups in total. The number of anilines is 2. The third-order valence-corrected chi connectivity index (χ3v) is 3.32. The van der Waals surface area contributed by atoms with Gasteiger partial charge < -0.3 is 15.8 Å². The van der Waals surface area contributed by atoms with Crippen molar-refractivity contribution in [3.8, 4) is 5.75 Å². The number of hydrogen-bond donors (Lipinski definition) is 2. The predicted octanol–water partition coefficient (Wildman–Crippen LogP) is 3.43. The normalized spacial score (nSPS) is 10.2. The molecular weight excluding hydrogens is 327 g/mol. The van der Waals surface area contributed by atoms with Crippen molar-refractivity contribution >= 4 is 33.2 Å². The van der Waals surface area contributed by atoms with Crippen LogP contribution in [0.1, 0.15) is 10.4 Å². The summed E-state index contributed by atoms with van der Waals surface area (Å²) in [4.78, 5) is 12.1. The summed E-state index contributed by atoms with van der Waals surface area (Å²) in [6.07, 6.45) is 0. The molecule has 0 fully saturated rings. The monoisotopic (exact) mass is 338 g/mol. The van der Waals surface area contributed by atoms with Gasteiger partial charge in [-0.3, -0.25) is 4.79 Å². The van der Waals surface area contributed by atoms with Crippen molar-refractivity contribution in [1.82, 2.24) is 0 Å². The fraction of sp³-hybridized carbons (Fsp3) is 0.0714. The Morgan fingerprint density at radius 2 is 2.05 bits per heavy atom. The predicted molar refractivity (Wildman–Crippen MR) is 79.5 cm³/mol. The summed E-state index contributed by atoms with van der Waals surface area (Å²) >= 11 is 3.05. The van der Waals surface area contributed by atoms with Gasteiger partial charge in [0.2, 0.25) is 0 Å². The van der Waals surface area contributed by atoms with Crippen LogP contribution >= 0.6 is 15.9 Å². The first kappa shape index (κ1) is 14.3. The van der Waals surface area contributed by atoms with Crippen molar-refractivity contribution in [2.45, 2.75) is 0 Å². The van der Waals surface area contributed by atoms with E-state index in [4.69, 9.17) is 10.5 Å². The number of benzene rings is 2. The van der Waals surface area contributed by atoms with Gasteiger partial charge in [0, 0.05) is 17.4 Å². The Morgan fingerprint density at radius 3 is 2.65 bits per heavy atom. The minimum absolute atomic E-state index is 0.291. The zero-order valence-corrected chi connectivity index (χ0v) is 12.2. The van der Waals surface area contributed by atoms with E-state index in [9.17, 15) is 9.18 Å². The van der Waals surface area contributed by atoms with Crippen molar-refractivity contribution < 1.29 is 13.9 Å². The molecule has 0 heterocycles. The largest absolute Gasteiger partial charge is 0.497 e. The lowest BCUT2D eigenvalue weighted by molar-refractivity contribution is 0.102. The van der Waals surface area contributed by atoms with Crippen LogP contribution in [0.25, 0.3) is 0 Å². The summed E-state index contributed by atoms with van der Waals surface area (Å²) in [7, 11) is 1.51. The summed E-state index contributed by atoms with van der Waals surface area (Å²) in [5, 5.41) is 2.58. The van der Waals surface area contributed by atoms with Crippen LogP contribution in [0.15, 0.2) is 40.9 Å². The molecular formula is C14H12BrFN2O2. The molecule has 0 aliphatic heterocycles. The SMILES string of the molecule is COc1ccc(C(=O)Nc2ccc(Br)c(F)c2)c(N)c1. The Balaban J connectivity index is 2.21. The molecule has 2 aromatic carbocycles. The molecule has 2 aromatic rings. The van der Waals surface area contributed by atoms with E-state index < -0.39 is 11.7 Å². The first-order valence-corrected chi connectivity index (χ1v) is 6.50. The molecule has 20 heavy (non-hydrogen) atoms. The molecule has 0 saturated heterocycles. The number of methoxy groups -OCH3 is 1. The van der Waals surface area contributed by atoms with E-state index >= 15 is 0 Å². The molecule has 6 heteroatoms. The van der Waals surface area contributed by atoms with Gasteiger partial charge in [-0.15, -0.1) is 0 Å². The van der Waals surface area contributed by atoms with E-state index in [0.29, 0.717) is 27.2 Å². The van der Waals surface area contributed by atoms with Gasteiger partial charge in [-0.05, 0) is 46.3 Å². The number of carbonyl (C=O) groups excluding carboxylic acids is 1. The van der Waals surface area contributed by atoms with Crippen LogP contribution in [0.3, 0.4) is 0 Å². The molecule has 0 unspecified atom stereocenters. The zero-order chi connectivity index (χ0) is 14.7. The highest BCUT2D eigenvalue weighted by Crippen LogP contribution is 2.22. The summed E-state index contributed by atoms with van der Waals surface area (Å²) in [5.74, 6) is -0.300. The van der Waals surface area contributed by atoms with Crippen LogP contribution in [-0.4, -0.2) is 13.0 Å². The number of nitrogen functional groups attached to an aromatic ring is 1. The number of nitrogens with two attached hydrogens (primary N) is 1. The fourth-order valence-electron chi connectivity index (χ4n) is 1.65. The fourth-order valence-corrected chi connectivity index (χ4v) is 1.89. The van der Waals surface area contributed by atoms with Crippen LogP contribution in [-0.2, 0) is 0 Å². The number of carbonyl (C=O) groups is 1. The van der Waals surface area contributed by atoms with E-state index in [1.807, 2.05) is 0 Å². The lowest BCUT2D eigenvalue weighted by atomic mass is 10.1. The quantitative estimate of drug-likeness (QED) is 0.842. The highest BCUT2D eigenvalue weighted by Gasteiger charge is 2.11. The van der Waals surface area contributed by atoms with Gasteiger partial charge in [-0.1, -0.05) is 0 Å². The van der Waals surface area contributed by atoms with E-state index in [1.165, 1.54) is 19.2 Å². The molecule has 0 aliphatic rings. The first-order valence-electron chi connectivity index (χ1n) is 5.71. The Hall–Kier alpha value is -2.08. The van der Waals surface area contributed by atoms with Crippen LogP contribution in [0.4, 0.5) is 15.8 Å². The summed E-state index contributed by atoms with van der Waals surface area (Å²) in [6, 6.07) is 9.07. The summed E-state index contributed by atoms with van der Waals surface area (Å²) < 4.78 is 18.7. The number of nitrogens with one attached hydrogen (secondary N) is 1. The van der Waals surface area contributed by atoms with Crippen molar-refractivity contribution in [2.75, 3.05) is 18.2 Å². The van der Waals surface area contributed by atoms with Gasteiger partial charge in [0.25, 0.3) is 5.91 Å². The molecule has 1 amide bonds. The van der Waals surface area contributed by atoms with Crippen molar-refractivity contribution in [3.63, 3.8) is 0 Å². The van der Waals surface area contributed by atoms with Gasteiger partial charge in [0.05, 0.1) is 17.1 Å². The average Bonchev–Trinajstić information content (AvgIpc) is 2.42. The van der Waals surface area contributed by atoms with Gasteiger partial charge in [-0.25, -0.2) is 4.39 Å². The molecule has 4 nitrogen and oxygen atoms in total. The third kappa shape index (κ3) is 3.08. The summed E-state index contributed by atoms with van der Waals surface area (Å²) in [5.41, 5.74) is 6.73. The van der Waals surface area contributed by atoms with Gasteiger partial charge in [0.15, 0.2) is 0 Å². The number of halogens is 2. The number of ether oxygens (including phenoxy) is 1. The summed E-state index contributed by atoms with van der Waals surface area (Å²) in [6.45, 7) is 0. The van der Waals surface area contributed by atoms with Gasteiger partial charge in [-0.2, -0.15) is 0 Å². The van der Waals surface area contributed by atoms with E-state index in [0.717, 1.165) is 0 Å². The van der Waals surface area contributed by atoms with Crippen LogP contribution in [0, 0.1) is 5.82 Å². The number of hydrogen-bond acceptors (Lipinski definition) is 3. The molecule has 0 radical (unpaired) electrons. The van der Waals surface area contributed by atoms with E-state index in [2.05, 4.69) is 21.2 Å². The highest BCUT2D eigenvalue weighted by atomic mass is 79.9. The molecule has 0 spiro atoms. The maximum atomic E-state index is 13.4. The average molecular weight is 339 g/mol. The van der Waals surface area contributed by atoms with E-state index in [1.54, 1.807) is 24.3 Å². The van der Waals surface area contributed by atoms with Crippen molar-refractivity contribution in [2.24, 2.45) is 0 Å². The second-order valence-corrected chi connectivity index (χ2v) is 4.89. The van der Waals surface area contributed by atoms with Crippen molar-refractivity contribution in [1.29, 1.82) is 0 Å². The third-order valence-electron chi connectivity index (χ3n) is 2.68.